The first-order valence-corrected chi connectivity index (χ1v) is 0.816. The summed E-state index contributed by atoms with van der Waals surface area (Å²) < 4.78 is 30.0. The monoisotopic (exact) mass is 191 g/mol. The fraction of sp³-hybridized carbons (Fsp3) is 0. The molecule has 10 heavy (non-hydrogen) atoms. The van der Waals surface area contributed by atoms with Crippen LogP contribution in [0.3, 0.4) is 0 Å². The van der Waals surface area contributed by atoms with Gasteiger partial charge in [-0.2, -0.15) is 0 Å². The largest absolute Gasteiger partial charge is 1.00 e. The van der Waals surface area contributed by atoms with Crippen LogP contribution in [0.5, 0.6) is 0 Å². The van der Waals surface area contributed by atoms with Gasteiger partial charge in [0.05, 0.1) is 0 Å². The Hall–Kier alpha value is 0.479. The molecule has 6 heteroatoms. The molecular formula is C4FeNaO4+. The van der Waals surface area contributed by atoms with Gasteiger partial charge in [0.25, 0.3) is 0 Å². The topological polar surface area (TPSA) is 79.6 Å². The quantitative estimate of drug-likeness (QED) is 0.220. The van der Waals surface area contributed by atoms with E-state index in [0.29, 0.717) is 0 Å². The third-order valence-electron chi connectivity index (χ3n) is 0. The maximum Gasteiger partial charge on any atom is 1.00 e. The second kappa shape index (κ2) is 2960. The zero-order valence-electron chi connectivity index (χ0n) is 4.99. The van der Waals surface area contributed by atoms with Crippen LogP contribution < -0.4 is 29.6 Å². The summed E-state index contributed by atoms with van der Waals surface area (Å²) in [7, 11) is 0. The molecule has 48 valence electrons. The van der Waals surface area contributed by atoms with Gasteiger partial charge in [-0.25, -0.2) is 0 Å². The smallest absolute Gasteiger partial charge is 0 e. The van der Waals surface area contributed by atoms with Gasteiger partial charge >= 0.3 is 74.8 Å². The van der Waals surface area contributed by atoms with Crippen molar-refractivity contribution in [3.63, 3.8) is 0 Å². The van der Waals surface area contributed by atoms with Gasteiger partial charge in [-0.05, 0) is 0 Å². The van der Waals surface area contributed by atoms with Crippen molar-refractivity contribution in [2.45, 2.75) is 0 Å². The van der Waals surface area contributed by atoms with E-state index in [9.17, 15) is 0 Å². The third kappa shape index (κ3) is 2060. The van der Waals surface area contributed by atoms with Crippen LogP contribution in [0.2, 0.25) is 0 Å². The van der Waals surface area contributed by atoms with E-state index in [0.717, 1.165) is 0 Å². The predicted octanol–water partition coefficient (Wildman–Crippen LogP) is -3.15. The molecule has 0 aromatic heterocycles. The Morgan fingerprint density at radius 1 is 0.500 bits per heavy atom. The average molecular weight is 191 g/mol. The molecule has 0 aliphatic rings. The summed E-state index contributed by atoms with van der Waals surface area (Å²) in [5, 5.41) is 0. The summed E-state index contributed by atoms with van der Waals surface area (Å²) in [6, 6.07) is 0. The van der Waals surface area contributed by atoms with Crippen LogP contribution in [-0.2, 0) is 35.7 Å². The minimum atomic E-state index is 0. The molecule has 0 fully saturated rings. The Kier molecular flexibility index (Phi) is 13900. The van der Waals surface area contributed by atoms with E-state index in [2.05, 4.69) is 26.6 Å². The van der Waals surface area contributed by atoms with Crippen LogP contribution in [0, 0.1) is 26.6 Å². The molecule has 0 saturated carbocycles. The van der Waals surface area contributed by atoms with Gasteiger partial charge in [-0.15, -0.1) is 0 Å². The van der Waals surface area contributed by atoms with Crippen molar-refractivity contribution in [1.82, 2.24) is 0 Å². The maximum atomic E-state index is 7.50. The minimum absolute atomic E-state index is 0. The van der Waals surface area contributed by atoms with Gasteiger partial charge in [0, 0.05) is 17.1 Å². The van der Waals surface area contributed by atoms with Crippen molar-refractivity contribution in [2.75, 3.05) is 0 Å². The van der Waals surface area contributed by atoms with E-state index >= 15 is 0 Å². The van der Waals surface area contributed by atoms with E-state index in [1.54, 1.807) is 0 Å². The van der Waals surface area contributed by atoms with Crippen LogP contribution in [-0.4, -0.2) is 0 Å². The summed E-state index contributed by atoms with van der Waals surface area (Å²) >= 11 is 0. The predicted molar refractivity (Wildman–Crippen MR) is 15.7 cm³/mol. The molecule has 4 nitrogen and oxygen atoms in total. The fourth-order valence-electron chi connectivity index (χ4n) is 0. The van der Waals surface area contributed by atoms with Crippen molar-refractivity contribution in [3.8, 4) is 0 Å². The molecule has 0 N–H and O–H groups in total. The van der Waals surface area contributed by atoms with Crippen LogP contribution in [0.4, 0.5) is 0 Å². The molecule has 0 aliphatic carbocycles. The van der Waals surface area contributed by atoms with E-state index < -0.39 is 0 Å². The van der Waals surface area contributed by atoms with E-state index in [1.807, 2.05) is 0 Å². The molecule has 0 amide bonds. The van der Waals surface area contributed by atoms with E-state index in [-0.39, 0.29) is 46.6 Å². The van der Waals surface area contributed by atoms with Crippen LogP contribution >= 0.6 is 0 Å². The molecule has 0 bridgehead atoms. The SMILES string of the molecule is [C-]#[O+].[C-]#[O+].[C-]#[O+].[C-]#[O+].[Fe].[Na+]. The molecular weight excluding hydrogens is 191 g/mol. The minimum Gasteiger partial charge on any atom is 0 e. The first kappa shape index (κ1) is 46.9. The molecule has 0 radical (unpaired) electrons. The number of hydrogen-bond donors (Lipinski definition) is 0. The van der Waals surface area contributed by atoms with E-state index in [1.165, 1.54) is 0 Å². The Morgan fingerprint density at radius 3 is 0.500 bits per heavy atom. The Bertz CT molecular complexity index is 60.2. The second-order valence-electron chi connectivity index (χ2n) is 0. The molecule has 0 unspecified atom stereocenters. The summed E-state index contributed by atoms with van der Waals surface area (Å²) in [4.78, 5) is 0. The van der Waals surface area contributed by atoms with Crippen LogP contribution in [0.15, 0.2) is 0 Å². The van der Waals surface area contributed by atoms with Crippen molar-refractivity contribution < 1.29 is 65.2 Å². The molecule has 0 aliphatic heterocycles. The maximum absolute atomic E-state index is 7.50. The molecule has 0 aromatic carbocycles. The Morgan fingerprint density at radius 2 is 0.500 bits per heavy atom. The van der Waals surface area contributed by atoms with Crippen LogP contribution in [0.1, 0.15) is 0 Å². The molecule has 0 aromatic rings. The van der Waals surface area contributed by atoms with Crippen molar-refractivity contribution in [1.29, 1.82) is 0 Å². The zero-order valence-corrected chi connectivity index (χ0v) is 8.09. The van der Waals surface area contributed by atoms with Gasteiger partial charge in [-0.1, -0.05) is 0 Å². The Labute approximate surface area is 91.4 Å². The molecule has 0 spiro atoms. The normalized spacial score (nSPS) is 0.800. The molecule has 0 heterocycles. The third-order valence-corrected chi connectivity index (χ3v) is 0. The van der Waals surface area contributed by atoms with Crippen molar-refractivity contribution >= 4 is 0 Å². The first-order chi connectivity index (χ1) is 4.00. The number of hydrogen-bond acceptors (Lipinski definition) is 0. The number of rotatable bonds is 0. The standard InChI is InChI=1S/4CO.Fe.Na/c4*1-2;;/q;;;;;+1. The van der Waals surface area contributed by atoms with E-state index in [4.69, 9.17) is 18.6 Å². The molecule has 0 saturated heterocycles. The van der Waals surface area contributed by atoms with Crippen molar-refractivity contribution in [3.05, 3.63) is 26.6 Å². The molecule has 0 rings (SSSR count). The van der Waals surface area contributed by atoms with Crippen molar-refractivity contribution in [2.24, 2.45) is 0 Å². The summed E-state index contributed by atoms with van der Waals surface area (Å²) in [6.07, 6.45) is 0. The first-order valence-electron chi connectivity index (χ1n) is 0.816. The van der Waals surface area contributed by atoms with Gasteiger partial charge in [-0.3, -0.25) is 0 Å². The zero-order chi connectivity index (χ0) is 8.00. The summed E-state index contributed by atoms with van der Waals surface area (Å²) in [5.41, 5.74) is 0. The van der Waals surface area contributed by atoms with Gasteiger partial charge in [0.15, 0.2) is 0 Å². The average Bonchev–Trinajstić information content (AvgIpc) is 2.03. The van der Waals surface area contributed by atoms with Gasteiger partial charge in [0.1, 0.15) is 0 Å². The van der Waals surface area contributed by atoms with Gasteiger partial charge < -0.3 is 0 Å². The van der Waals surface area contributed by atoms with Gasteiger partial charge in [0.2, 0.25) is 0 Å². The Balaban J connectivity index is -0.00000000500. The summed E-state index contributed by atoms with van der Waals surface area (Å²) in [6.45, 7) is 18.0. The second-order valence-corrected chi connectivity index (χ2v) is 0. The fourth-order valence-corrected chi connectivity index (χ4v) is 0. The molecule has 0 atom stereocenters. The van der Waals surface area contributed by atoms with Crippen LogP contribution in [0.25, 0.3) is 0 Å². The summed E-state index contributed by atoms with van der Waals surface area (Å²) in [5.74, 6) is 0.